The lowest BCUT2D eigenvalue weighted by molar-refractivity contribution is -0.143. The van der Waals surface area contributed by atoms with E-state index in [9.17, 15) is 18.0 Å². The molecule has 2 rings (SSSR count). The SMILES string of the molecule is CCc1ccc(-n2nnc(C(=O)O)c2C(F)(F)F)cc1. The van der Waals surface area contributed by atoms with E-state index in [0.29, 0.717) is 4.68 Å². The molecule has 0 aliphatic carbocycles. The first-order valence-electron chi connectivity index (χ1n) is 5.70. The summed E-state index contributed by atoms with van der Waals surface area (Å²) in [5.74, 6) is -1.77. The Balaban J connectivity index is 2.59. The van der Waals surface area contributed by atoms with Crippen molar-refractivity contribution in [2.24, 2.45) is 0 Å². The molecular weight excluding hydrogens is 275 g/mol. The third kappa shape index (κ3) is 2.49. The highest BCUT2D eigenvalue weighted by atomic mass is 19.4. The Hall–Kier alpha value is -2.38. The molecule has 20 heavy (non-hydrogen) atoms. The van der Waals surface area contributed by atoms with Crippen LogP contribution in [-0.4, -0.2) is 26.1 Å². The fourth-order valence-corrected chi connectivity index (χ4v) is 1.73. The van der Waals surface area contributed by atoms with Gasteiger partial charge in [-0.25, -0.2) is 9.48 Å². The largest absolute Gasteiger partial charge is 0.476 e. The van der Waals surface area contributed by atoms with Gasteiger partial charge in [-0.3, -0.25) is 0 Å². The van der Waals surface area contributed by atoms with Crippen LogP contribution in [0, 0.1) is 0 Å². The lowest BCUT2D eigenvalue weighted by Gasteiger charge is -2.10. The van der Waals surface area contributed by atoms with Gasteiger partial charge in [0, 0.05) is 0 Å². The summed E-state index contributed by atoms with van der Waals surface area (Å²) in [6.07, 6.45) is -4.12. The zero-order valence-corrected chi connectivity index (χ0v) is 10.3. The van der Waals surface area contributed by atoms with Crippen molar-refractivity contribution in [1.29, 1.82) is 0 Å². The number of nitrogens with zero attached hydrogens (tertiary/aromatic N) is 3. The molecule has 0 radical (unpaired) electrons. The van der Waals surface area contributed by atoms with Crippen LogP contribution in [0.25, 0.3) is 5.69 Å². The van der Waals surface area contributed by atoms with Crippen LogP contribution in [0.5, 0.6) is 0 Å². The number of carbonyl (C=O) groups is 1. The van der Waals surface area contributed by atoms with Crippen molar-refractivity contribution in [2.45, 2.75) is 19.5 Å². The van der Waals surface area contributed by atoms with Crippen molar-refractivity contribution in [1.82, 2.24) is 15.0 Å². The normalized spacial score (nSPS) is 11.6. The molecule has 0 bridgehead atoms. The number of rotatable bonds is 3. The predicted molar refractivity (Wildman–Crippen MR) is 62.7 cm³/mol. The molecular formula is C12H10F3N3O2. The van der Waals surface area contributed by atoms with Crippen molar-refractivity contribution >= 4 is 5.97 Å². The molecule has 106 valence electrons. The summed E-state index contributed by atoms with van der Waals surface area (Å²) >= 11 is 0. The number of alkyl halides is 3. The maximum absolute atomic E-state index is 13.0. The molecule has 0 unspecified atom stereocenters. The maximum Gasteiger partial charge on any atom is 0.436 e. The Kier molecular flexibility index (Phi) is 3.47. The summed E-state index contributed by atoms with van der Waals surface area (Å²) in [7, 11) is 0. The zero-order valence-electron chi connectivity index (χ0n) is 10.3. The second kappa shape index (κ2) is 4.95. The minimum Gasteiger partial charge on any atom is -0.476 e. The highest BCUT2D eigenvalue weighted by Crippen LogP contribution is 2.32. The van der Waals surface area contributed by atoms with E-state index < -0.39 is 23.5 Å². The van der Waals surface area contributed by atoms with Gasteiger partial charge >= 0.3 is 12.1 Å². The number of carboxylic acid groups (broad SMARTS) is 1. The summed E-state index contributed by atoms with van der Waals surface area (Å²) in [4.78, 5) is 10.8. The van der Waals surface area contributed by atoms with Crippen LogP contribution < -0.4 is 0 Å². The first-order valence-corrected chi connectivity index (χ1v) is 5.70. The number of hydrogen-bond acceptors (Lipinski definition) is 3. The Morgan fingerprint density at radius 1 is 1.30 bits per heavy atom. The minimum absolute atomic E-state index is 0.106. The number of halogens is 3. The average Bonchev–Trinajstić information content (AvgIpc) is 2.83. The Labute approximate surface area is 111 Å². The zero-order chi connectivity index (χ0) is 14.9. The van der Waals surface area contributed by atoms with Crippen molar-refractivity contribution in [3.63, 3.8) is 0 Å². The third-order valence-corrected chi connectivity index (χ3v) is 2.73. The molecule has 0 aliphatic heterocycles. The van der Waals surface area contributed by atoms with Crippen LogP contribution in [0.15, 0.2) is 24.3 Å². The summed E-state index contributed by atoms with van der Waals surface area (Å²) in [5, 5.41) is 15.1. The Bertz CT molecular complexity index is 632. The van der Waals surface area contributed by atoms with Crippen LogP contribution in [0.3, 0.4) is 0 Å². The molecule has 0 saturated carbocycles. The number of carboxylic acids is 1. The van der Waals surface area contributed by atoms with Gasteiger partial charge in [0.2, 0.25) is 5.69 Å². The monoisotopic (exact) mass is 285 g/mol. The summed E-state index contributed by atoms with van der Waals surface area (Å²) in [6.45, 7) is 1.91. The summed E-state index contributed by atoms with van der Waals surface area (Å²) in [6, 6.07) is 6.18. The first-order chi connectivity index (χ1) is 9.34. The maximum atomic E-state index is 13.0. The van der Waals surface area contributed by atoms with E-state index in [1.54, 1.807) is 12.1 Å². The molecule has 1 aromatic heterocycles. The number of aryl methyl sites for hydroxylation is 1. The van der Waals surface area contributed by atoms with Crippen molar-refractivity contribution < 1.29 is 23.1 Å². The molecule has 5 nitrogen and oxygen atoms in total. The quantitative estimate of drug-likeness (QED) is 0.941. The van der Waals surface area contributed by atoms with Crippen LogP contribution in [0.4, 0.5) is 13.2 Å². The van der Waals surface area contributed by atoms with Gasteiger partial charge in [0.25, 0.3) is 0 Å². The van der Waals surface area contributed by atoms with E-state index in [1.807, 2.05) is 6.92 Å². The van der Waals surface area contributed by atoms with Gasteiger partial charge in [-0.1, -0.05) is 24.3 Å². The minimum atomic E-state index is -4.86. The average molecular weight is 285 g/mol. The van der Waals surface area contributed by atoms with Crippen LogP contribution in [0.1, 0.15) is 28.7 Å². The summed E-state index contributed by atoms with van der Waals surface area (Å²) in [5.41, 5.74) is -1.46. The van der Waals surface area contributed by atoms with E-state index in [0.717, 1.165) is 12.0 Å². The van der Waals surface area contributed by atoms with Crippen LogP contribution in [-0.2, 0) is 12.6 Å². The molecule has 1 N–H and O–H groups in total. The van der Waals surface area contributed by atoms with Gasteiger partial charge in [0.1, 0.15) is 0 Å². The van der Waals surface area contributed by atoms with Gasteiger partial charge in [-0.15, -0.1) is 5.10 Å². The number of benzene rings is 1. The molecule has 0 fully saturated rings. The van der Waals surface area contributed by atoms with E-state index in [1.165, 1.54) is 12.1 Å². The van der Waals surface area contributed by atoms with Crippen LogP contribution in [0.2, 0.25) is 0 Å². The highest BCUT2D eigenvalue weighted by Gasteiger charge is 2.42. The van der Waals surface area contributed by atoms with E-state index in [2.05, 4.69) is 10.3 Å². The van der Waals surface area contributed by atoms with Gasteiger partial charge < -0.3 is 5.11 Å². The molecule has 1 heterocycles. The number of aromatic carboxylic acids is 1. The lowest BCUT2D eigenvalue weighted by atomic mass is 10.1. The smallest absolute Gasteiger partial charge is 0.436 e. The van der Waals surface area contributed by atoms with Crippen LogP contribution >= 0.6 is 0 Å². The standard InChI is InChI=1S/C12H10F3N3O2/c1-2-7-3-5-8(6-4-7)18-10(12(13,14)15)9(11(19)20)16-17-18/h3-6H,2H2,1H3,(H,19,20). The van der Waals surface area contributed by atoms with Crippen molar-refractivity contribution in [3.05, 3.63) is 41.2 Å². The molecule has 0 atom stereocenters. The van der Waals surface area contributed by atoms with Gasteiger partial charge in [0.15, 0.2) is 5.69 Å². The van der Waals surface area contributed by atoms with E-state index >= 15 is 0 Å². The fraction of sp³-hybridized carbons (Fsp3) is 0.250. The second-order valence-electron chi connectivity index (χ2n) is 4.02. The van der Waals surface area contributed by atoms with Gasteiger partial charge in [0.05, 0.1) is 5.69 Å². The van der Waals surface area contributed by atoms with Gasteiger partial charge in [-0.2, -0.15) is 13.2 Å². The van der Waals surface area contributed by atoms with Gasteiger partial charge in [-0.05, 0) is 24.1 Å². The molecule has 2 aromatic rings. The van der Waals surface area contributed by atoms with Crippen molar-refractivity contribution in [2.75, 3.05) is 0 Å². The molecule has 0 spiro atoms. The van der Waals surface area contributed by atoms with Crippen molar-refractivity contribution in [3.8, 4) is 5.69 Å². The Morgan fingerprint density at radius 3 is 2.35 bits per heavy atom. The van der Waals surface area contributed by atoms with E-state index in [4.69, 9.17) is 5.11 Å². The third-order valence-electron chi connectivity index (χ3n) is 2.73. The predicted octanol–water partition coefficient (Wildman–Crippen LogP) is 2.55. The molecule has 0 saturated heterocycles. The highest BCUT2D eigenvalue weighted by molar-refractivity contribution is 5.86. The fourth-order valence-electron chi connectivity index (χ4n) is 1.73. The van der Waals surface area contributed by atoms with E-state index in [-0.39, 0.29) is 5.69 Å². The topological polar surface area (TPSA) is 68.0 Å². The first kappa shape index (κ1) is 14.0. The number of hydrogen-bond donors (Lipinski definition) is 1. The molecule has 0 amide bonds. The number of aromatic nitrogens is 3. The lowest BCUT2D eigenvalue weighted by Crippen LogP contribution is -2.17. The second-order valence-corrected chi connectivity index (χ2v) is 4.02. The molecule has 0 aliphatic rings. The Morgan fingerprint density at radius 2 is 1.90 bits per heavy atom. The summed E-state index contributed by atoms with van der Waals surface area (Å²) < 4.78 is 39.4. The molecule has 8 heteroatoms. The molecule has 1 aromatic carbocycles.